The summed E-state index contributed by atoms with van der Waals surface area (Å²) >= 11 is 0. The zero-order chi connectivity index (χ0) is 11.7. The molecule has 94 valence electrons. The molecule has 1 saturated heterocycles. The molecule has 0 bridgehead atoms. The van der Waals surface area contributed by atoms with Crippen LogP contribution in [0, 0.1) is 0 Å². The van der Waals surface area contributed by atoms with Crippen LogP contribution < -0.4 is 0 Å². The van der Waals surface area contributed by atoms with Gasteiger partial charge in [-0.2, -0.15) is 4.98 Å². The highest BCUT2D eigenvalue weighted by atomic mass is 16.5. The van der Waals surface area contributed by atoms with Crippen LogP contribution in [0.5, 0.6) is 0 Å². The Morgan fingerprint density at radius 3 is 2.76 bits per heavy atom. The highest BCUT2D eigenvalue weighted by Crippen LogP contribution is 2.33. The van der Waals surface area contributed by atoms with E-state index in [0.29, 0.717) is 31.4 Å². The number of aliphatic hydroxyl groups is 1. The van der Waals surface area contributed by atoms with E-state index in [9.17, 15) is 5.11 Å². The van der Waals surface area contributed by atoms with Crippen LogP contribution in [0.2, 0.25) is 0 Å². The van der Waals surface area contributed by atoms with Crippen molar-refractivity contribution in [1.29, 1.82) is 0 Å². The summed E-state index contributed by atoms with van der Waals surface area (Å²) in [5.74, 6) is 1.66. The number of ether oxygens (including phenoxy) is 1. The average Bonchev–Trinajstić information content (AvgIpc) is 3.00. The second kappa shape index (κ2) is 4.74. The monoisotopic (exact) mass is 238 g/mol. The molecule has 1 saturated carbocycles. The first-order chi connectivity index (χ1) is 8.34. The minimum Gasteiger partial charge on any atom is -0.392 e. The third-order valence-electron chi connectivity index (χ3n) is 3.81. The van der Waals surface area contributed by atoms with E-state index < -0.39 is 6.10 Å². The summed E-state index contributed by atoms with van der Waals surface area (Å²) in [5, 5.41) is 13.9. The van der Waals surface area contributed by atoms with E-state index in [0.717, 1.165) is 18.7 Å². The highest BCUT2D eigenvalue weighted by molar-refractivity contribution is 5.03. The van der Waals surface area contributed by atoms with Gasteiger partial charge >= 0.3 is 0 Å². The van der Waals surface area contributed by atoms with Crippen molar-refractivity contribution < 1.29 is 14.4 Å². The normalized spacial score (nSPS) is 30.9. The van der Waals surface area contributed by atoms with Gasteiger partial charge in [-0.3, -0.25) is 0 Å². The Morgan fingerprint density at radius 2 is 2.00 bits per heavy atom. The Bertz CT molecular complexity index is 374. The van der Waals surface area contributed by atoms with Crippen LogP contribution in [0.1, 0.15) is 55.7 Å². The first kappa shape index (κ1) is 11.2. The molecule has 2 fully saturated rings. The number of aliphatic hydroxyl groups excluding tert-OH is 1. The summed E-state index contributed by atoms with van der Waals surface area (Å²) in [7, 11) is 0. The van der Waals surface area contributed by atoms with Gasteiger partial charge in [0.05, 0.1) is 18.6 Å². The molecule has 1 aromatic rings. The van der Waals surface area contributed by atoms with Crippen LogP contribution in [-0.4, -0.2) is 34.6 Å². The summed E-state index contributed by atoms with van der Waals surface area (Å²) in [6.45, 7) is 1.09. The Hall–Kier alpha value is -0.940. The molecule has 17 heavy (non-hydrogen) atoms. The average molecular weight is 238 g/mol. The Kier molecular flexibility index (Phi) is 3.11. The van der Waals surface area contributed by atoms with E-state index in [1.54, 1.807) is 0 Å². The molecule has 2 aliphatic rings. The largest absolute Gasteiger partial charge is 0.392 e. The molecule has 1 aromatic heterocycles. The van der Waals surface area contributed by atoms with Crippen molar-refractivity contribution in [3.8, 4) is 0 Å². The van der Waals surface area contributed by atoms with Crippen molar-refractivity contribution in [2.24, 2.45) is 0 Å². The van der Waals surface area contributed by atoms with Gasteiger partial charge in [-0.25, -0.2) is 0 Å². The van der Waals surface area contributed by atoms with Crippen LogP contribution in [0.3, 0.4) is 0 Å². The lowest BCUT2D eigenvalue weighted by atomic mass is 9.99. The van der Waals surface area contributed by atoms with E-state index >= 15 is 0 Å². The van der Waals surface area contributed by atoms with Gasteiger partial charge in [-0.15, -0.1) is 0 Å². The van der Waals surface area contributed by atoms with Crippen LogP contribution in [0.15, 0.2) is 4.52 Å². The van der Waals surface area contributed by atoms with Crippen molar-refractivity contribution >= 4 is 0 Å². The van der Waals surface area contributed by atoms with Crippen molar-refractivity contribution in [2.45, 2.75) is 50.0 Å². The first-order valence-electron chi connectivity index (χ1n) is 6.44. The second-order valence-corrected chi connectivity index (χ2v) is 5.01. The fourth-order valence-corrected chi connectivity index (χ4v) is 2.71. The molecule has 1 aliphatic heterocycles. The smallest absolute Gasteiger partial charge is 0.234 e. The Labute approximate surface area is 100 Å². The Morgan fingerprint density at radius 1 is 1.18 bits per heavy atom. The van der Waals surface area contributed by atoms with Crippen LogP contribution in [-0.2, 0) is 4.74 Å². The number of rotatable bonds is 2. The van der Waals surface area contributed by atoms with E-state index in [-0.39, 0.29) is 5.92 Å². The molecule has 0 spiro atoms. The maximum atomic E-state index is 9.89. The first-order valence-corrected chi connectivity index (χ1v) is 6.44. The van der Waals surface area contributed by atoms with Crippen molar-refractivity contribution in [2.75, 3.05) is 13.2 Å². The number of hydrogen-bond donors (Lipinski definition) is 1. The van der Waals surface area contributed by atoms with Crippen LogP contribution in [0.25, 0.3) is 0 Å². The fourth-order valence-electron chi connectivity index (χ4n) is 2.71. The molecule has 3 rings (SSSR count). The third kappa shape index (κ3) is 2.21. The maximum Gasteiger partial charge on any atom is 0.234 e. The molecular formula is C12H18N2O3. The van der Waals surface area contributed by atoms with Crippen molar-refractivity contribution in [3.63, 3.8) is 0 Å². The van der Waals surface area contributed by atoms with Gasteiger partial charge in [-0.05, 0) is 19.3 Å². The molecule has 0 amide bonds. The van der Waals surface area contributed by atoms with Gasteiger partial charge in [0, 0.05) is 12.5 Å². The summed E-state index contributed by atoms with van der Waals surface area (Å²) in [6.07, 6.45) is 5.05. The topological polar surface area (TPSA) is 68.4 Å². The highest BCUT2D eigenvalue weighted by Gasteiger charge is 2.31. The zero-order valence-electron chi connectivity index (χ0n) is 9.84. The summed E-state index contributed by atoms with van der Waals surface area (Å²) < 4.78 is 10.6. The summed E-state index contributed by atoms with van der Waals surface area (Å²) in [4.78, 5) is 4.45. The van der Waals surface area contributed by atoms with E-state index in [4.69, 9.17) is 9.26 Å². The van der Waals surface area contributed by atoms with Gasteiger partial charge in [0.15, 0.2) is 5.82 Å². The van der Waals surface area contributed by atoms with Gasteiger partial charge in [0.25, 0.3) is 0 Å². The van der Waals surface area contributed by atoms with Gasteiger partial charge < -0.3 is 14.4 Å². The predicted octanol–water partition coefficient (Wildman–Crippen LogP) is 1.59. The SMILES string of the molecule is OC1CCOCC1c1nc(C2CCCC2)no1. The Balaban J connectivity index is 1.74. The maximum absolute atomic E-state index is 9.89. The lowest BCUT2D eigenvalue weighted by Crippen LogP contribution is -2.30. The van der Waals surface area contributed by atoms with Gasteiger partial charge in [0.1, 0.15) is 0 Å². The molecule has 2 heterocycles. The minimum atomic E-state index is -0.416. The molecule has 2 unspecified atom stereocenters. The van der Waals surface area contributed by atoms with Crippen molar-refractivity contribution in [1.82, 2.24) is 10.1 Å². The quantitative estimate of drug-likeness (QED) is 0.847. The molecule has 5 nitrogen and oxygen atoms in total. The van der Waals surface area contributed by atoms with Gasteiger partial charge in [0.2, 0.25) is 5.89 Å². The molecule has 0 radical (unpaired) electrons. The molecule has 5 heteroatoms. The standard InChI is InChI=1S/C12H18N2O3/c15-10-5-6-16-7-9(10)12-13-11(14-17-12)8-3-1-2-4-8/h8-10,15H,1-7H2. The third-order valence-corrected chi connectivity index (χ3v) is 3.81. The van der Waals surface area contributed by atoms with Crippen LogP contribution in [0.4, 0.5) is 0 Å². The summed E-state index contributed by atoms with van der Waals surface area (Å²) in [5.41, 5.74) is 0. The summed E-state index contributed by atoms with van der Waals surface area (Å²) in [6, 6.07) is 0. The molecule has 1 N–H and O–H groups in total. The molecular weight excluding hydrogens is 220 g/mol. The number of nitrogens with zero attached hydrogens (tertiary/aromatic N) is 2. The minimum absolute atomic E-state index is 0.147. The van der Waals surface area contributed by atoms with E-state index in [1.807, 2.05) is 0 Å². The van der Waals surface area contributed by atoms with Gasteiger partial charge in [-0.1, -0.05) is 18.0 Å². The lowest BCUT2D eigenvalue weighted by molar-refractivity contribution is -0.0149. The van der Waals surface area contributed by atoms with E-state index in [2.05, 4.69) is 10.1 Å². The second-order valence-electron chi connectivity index (χ2n) is 5.01. The number of aromatic nitrogens is 2. The van der Waals surface area contributed by atoms with E-state index in [1.165, 1.54) is 12.8 Å². The molecule has 0 aromatic carbocycles. The fraction of sp³-hybridized carbons (Fsp3) is 0.833. The van der Waals surface area contributed by atoms with Crippen molar-refractivity contribution in [3.05, 3.63) is 11.7 Å². The zero-order valence-corrected chi connectivity index (χ0v) is 9.84. The molecule has 2 atom stereocenters. The number of hydrogen-bond acceptors (Lipinski definition) is 5. The predicted molar refractivity (Wildman–Crippen MR) is 59.7 cm³/mol. The van der Waals surface area contributed by atoms with Crippen LogP contribution >= 0.6 is 0 Å². The molecule has 1 aliphatic carbocycles. The lowest BCUT2D eigenvalue weighted by Gasteiger charge is -2.24.